The first kappa shape index (κ1) is 14.3. The summed E-state index contributed by atoms with van der Waals surface area (Å²) in [5, 5.41) is 19.4. The van der Waals surface area contributed by atoms with Crippen molar-refractivity contribution in [3.8, 4) is 5.75 Å². The molecule has 0 spiro atoms. The van der Waals surface area contributed by atoms with E-state index in [0.717, 1.165) is 12.0 Å². The molecule has 1 aromatic carbocycles. The maximum absolute atomic E-state index is 10.1. The first-order chi connectivity index (χ1) is 8.10. The number of benzene rings is 1. The Morgan fingerprint density at radius 2 is 2.06 bits per heavy atom. The Kier molecular flexibility index (Phi) is 5.75. The highest BCUT2D eigenvalue weighted by Gasteiger charge is 2.14. The summed E-state index contributed by atoms with van der Waals surface area (Å²) in [7, 11) is 1.58. The Morgan fingerprint density at radius 1 is 1.35 bits per heavy atom. The van der Waals surface area contributed by atoms with E-state index in [1.807, 2.05) is 13.0 Å². The molecule has 0 bridgehead atoms. The van der Waals surface area contributed by atoms with Crippen molar-refractivity contribution < 1.29 is 14.9 Å². The number of aliphatic hydroxyl groups excluding tert-OH is 2. The van der Waals surface area contributed by atoms with E-state index >= 15 is 0 Å². The molecule has 0 fully saturated rings. The van der Waals surface area contributed by atoms with Crippen molar-refractivity contribution in [1.29, 1.82) is 0 Å². The molecule has 1 aromatic rings. The van der Waals surface area contributed by atoms with Crippen molar-refractivity contribution in [2.45, 2.75) is 32.3 Å². The molecule has 2 N–H and O–H groups in total. The molecule has 1 unspecified atom stereocenters. The minimum absolute atomic E-state index is 0.151. The molecule has 0 aliphatic rings. The zero-order valence-corrected chi connectivity index (χ0v) is 11.0. The molecule has 0 radical (unpaired) electrons. The Balaban J connectivity index is 2.84. The lowest BCUT2D eigenvalue weighted by Gasteiger charge is -2.16. The number of unbranched alkanes of at least 4 members (excludes halogenated alkanes) is 1. The molecule has 0 aliphatic carbocycles. The molecule has 17 heavy (non-hydrogen) atoms. The second-order valence-electron chi connectivity index (χ2n) is 4.08. The largest absolute Gasteiger partial charge is 0.496 e. The summed E-state index contributed by atoms with van der Waals surface area (Å²) in [4.78, 5) is 0. The van der Waals surface area contributed by atoms with E-state index in [9.17, 15) is 5.11 Å². The Morgan fingerprint density at radius 3 is 2.65 bits per heavy atom. The van der Waals surface area contributed by atoms with Gasteiger partial charge >= 0.3 is 0 Å². The lowest BCUT2D eigenvalue weighted by Crippen LogP contribution is -2.02. The fourth-order valence-electron chi connectivity index (χ4n) is 1.71. The van der Waals surface area contributed by atoms with Crippen LogP contribution in [0.5, 0.6) is 5.75 Å². The average molecular weight is 259 g/mol. The van der Waals surface area contributed by atoms with Crippen LogP contribution in [0.25, 0.3) is 0 Å². The summed E-state index contributed by atoms with van der Waals surface area (Å²) in [6, 6.07) is 3.58. The molecule has 0 amide bonds. The third kappa shape index (κ3) is 3.87. The van der Waals surface area contributed by atoms with Crippen LogP contribution in [0.4, 0.5) is 0 Å². The predicted molar refractivity (Wildman–Crippen MR) is 68.6 cm³/mol. The van der Waals surface area contributed by atoms with Crippen LogP contribution in [-0.2, 0) is 0 Å². The monoisotopic (exact) mass is 258 g/mol. The normalized spacial score (nSPS) is 12.5. The van der Waals surface area contributed by atoms with E-state index in [2.05, 4.69) is 0 Å². The molecule has 0 saturated heterocycles. The summed E-state index contributed by atoms with van der Waals surface area (Å²) in [5.41, 5.74) is 1.64. The Labute approximate surface area is 107 Å². The van der Waals surface area contributed by atoms with E-state index in [4.69, 9.17) is 21.4 Å². The van der Waals surface area contributed by atoms with Crippen molar-refractivity contribution in [3.63, 3.8) is 0 Å². The minimum atomic E-state index is -0.602. The molecule has 0 heterocycles. The molecule has 0 aliphatic heterocycles. The highest BCUT2D eigenvalue weighted by atomic mass is 35.5. The molecule has 1 atom stereocenters. The average Bonchev–Trinajstić information content (AvgIpc) is 2.32. The van der Waals surface area contributed by atoms with Crippen molar-refractivity contribution >= 4 is 11.6 Å². The van der Waals surface area contributed by atoms with Gasteiger partial charge in [0.15, 0.2) is 0 Å². The highest BCUT2D eigenvalue weighted by Crippen LogP contribution is 2.33. The summed E-state index contributed by atoms with van der Waals surface area (Å²) in [6.07, 6.45) is 1.45. The maximum atomic E-state index is 10.1. The van der Waals surface area contributed by atoms with Gasteiger partial charge in [0.05, 0.1) is 13.2 Å². The van der Waals surface area contributed by atoms with E-state index in [0.29, 0.717) is 29.2 Å². The Bertz CT molecular complexity index is 366. The molecule has 3 nitrogen and oxygen atoms in total. The van der Waals surface area contributed by atoms with Crippen LogP contribution in [0.15, 0.2) is 12.1 Å². The third-order valence-corrected chi connectivity index (χ3v) is 3.16. The van der Waals surface area contributed by atoms with Crippen LogP contribution in [0, 0.1) is 6.92 Å². The quantitative estimate of drug-likeness (QED) is 0.772. The van der Waals surface area contributed by atoms with Gasteiger partial charge in [-0.15, -0.1) is 0 Å². The minimum Gasteiger partial charge on any atom is -0.496 e. The SMILES string of the molecule is COc1cc(C)c(Cl)cc1C(O)CCCCO. The molecule has 4 heteroatoms. The molecule has 96 valence electrons. The lowest BCUT2D eigenvalue weighted by atomic mass is 10.0. The number of hydrogen-bond donors (Lipinski definition) is 2. The Hall–Kier alpha value is -0.770. The smallest absolute Gasteiger partial charge is 0.125 e. The number of hydrogen-bond acceptors (Lipinski definition) is 3. The zero-order valence-electron chi connectivity index (χ0n) is 10.2. The number of aryl methyl sites for hydroxylation is 1. The van der Waals surface area contributed by atoms with Crippen LogP contribution < -0.4 is 4.74 Å². The maximum Gasteiger partial charge on any atom is 0.125 e. The first-order valence-corrected chi connectivity index (χ1v) is 6.11. The fraction of sp³-hybridized carbons (Fsp3) is 0.538. The van der Waals surface area contributed by atoms with Crippen LogP contribution in [-0.4, -0.2) is 23.9 Å². The van der Waals surface area contributed by atoms with Gasteiger partial charge in [-0.05, 0) is 43.9 Å². The highest BCUT2D eigenvalue weighted by molar-refractivity contribution is 6.31. The van der Waals surface area contributed by atoms with E-state index in [-0.39, 0.29) is 6.61 Å². The molecule has 0 aromatic heterocycles. The van der Waals surface area contributed by atoms with E-state index < -0.39 is 6.10 Å². The third-order valence-electron chi connectivity index (χ3n) is 2.76. The summed E-state index contributed by atoms with van der Waals surface area (Å²) in [6.45, 7) is 2.05. The molecule has 0 saturated carbocycles. The number of methoxy groups -OCH3 is 1. The second-order valence-corrected chi connectivity index (χ2v) is 4.49. The van der Waals surface area contributed by atoms with Gasteiger partial charge in [-0.1, -0.05) is 11.6 Å². The van der Waals surface area contributed by atoms with Gasteiger partial charge in [-0.25, -0.2) is 0 Å². The fourth-order valence-corrected chi connectivity index (χ4v) is 1.88. The van der Waals surface area contributed by atoms with Gasteiger partial charge in [0.1, 0.15) is 5.75 Å². The van der Waals surface area contributed by atoms with Crippen LogP contribution in [0.2, 0.25) is 5.02 Å². The number of rotatable bonds is 6. The molecular weight excluding hydrogens is 240 g/mol. The van der Waals surface area contributed by atoms with Gasteiger partial charge in [0.25, 0.3) is 0 Å². The van der Waals surface area contributed by atoms with Crippen LogP contribution in [0.3, 0.4) is 0 Å². The lowest BCUT2D eigenvalue weighted by molar-refractivity contribution is 0.155. The van der Waals surface area contributed by atoms with E-state index in [1.165, 1.54) is 0 Å². The van der Waals surface area contributed by atoms with Crippen molar-refractivity contribution in [1.82, 2.24) is 0 Å². The topological polar surface area (TPSA) is 49.7 Å². The van der Waals surface area contributed by atoms with Gasteiger partial charge in [-0.2, -0.15) is 0 Å². The summed E-state index contributed by atoms with van der Waals surface area (Å²) in [5.74, 6) is 0.656. The van der Waals surface area contributed by atoms with Crippen molar-refractivity contribution in [2.75, 3.05) is 13.7 Å². The number of aliphatic hydroxyl groups is 2. The first-order valence-electron chi connectivity index (χ1n) is 5.73. The van der Waals surface area contributed by atoms with Gasteiger partial charge in [0.2, 0.25) is 0 Å². The number of halogens is 1. The standard InChI is InChI=1S/C13H19ClO3/c1-9-7-13(17-2)10(8-11(9)14)12(16)5-3-4-6-15/h7-8,12,15-16H,3-6H2,1-2H3. The summed E-state index contributed by atoms with van der Waals surface area (Å²) < 4.78 is 5.24. The van der Waals surface area contributed by atoms with Gasteiger partial charge in [-0.3, -0.25) is 0 Å². The van der Waals surface area contributed by atoms with Gasteiger partial charge in [0, 0.05) is 17.2 Å². The molecule has 1 rings (SSSR count). The van der Waals surface area contributed by atoms with E-state index in [1.54, 1.807) is 13.2 Å². The number of ether oxygens (including phenoxy) is 1. The zero-order chi connectivity index (χ0) is 12.8. The van der Waals surface area contributed by atoms with Crippen molar-refractivity contribution in [2.24, 2.45) is 0 Å². The van der Waals surface area contributed by atoms with Crippen LogP contribution >= 0.6 is 11.6 Å². The van der Waals surface area contributed by atoms with Crippen LogP contribution in [0.1, 0.15) is 36.5 Å². The molecular formula is C13H19ClO3. The predicted octanol–water partition coefficient (Wildman–Crippen LogP) is 2.85. The van der Waals surface area contributed by atoms with Crippen molar-refractivity contribution in [3.05, 3.63) is 28.3 Å². The second kappa shape index (κ2) is 6.84. The summed E-state index contributed by atoms with van der Waals surface area (Å²) >= 11 is 6.04. The van der Waals surface area contributed by atoms with Gasteiger partial charge < -0.3 is 14.9 Å².